The normalized spacial score (nSPS) is 15.7. The van der Waals surface area contributed by atoms with Crippen molar-refractivity contribution >= 4 is 26.4 Å². The quantitative estimate of drug-likeness (QED) is 0.684. The summed E-state index contributed by atoms with van der Waals surface area (Å²) in [5, 5.41) is 0.965. The van der Waals surface area contributed by atoms with Gasteiger partial charge in [0.2, 0.25) is 15.4 Å². The molecule has 1 aliphatic heterocycles. The monoisotopic (exact) mass is 381 g/mol. The zero-order valence-corrected chi connectivity index (χ0v) is 16.4. The second-order valence-corrected chi connectivity index (χ2v) is 9.18. The van der Waals surface area contributed by atoms with Crippen LogP contribution in [0, 0.1) is 6.92 Å². The predicted octanol–water partition coefficient (Wildman–Crippen LogP) is 4.18. The SMILES string of the molecule is Cc1ccc(S(=O)(=O)c2c[nH+]c3ccccc3c2N2CCCCCC2)cc1. The van der Waals surface area contributed by atoms with Crippen molar-refractivity contribution in [2.75, 3.05) is 18.0 Å². The van der Waals surface area contributed by atoms with Gasteiger partial charge in [-0.1, -0.05) is 42.7 Å². The molecule has 0 bridgehead atoms. The number of H-pyrrole nitrogens is 1. The number of nitrogens with zero attached hydrogens (tertiary/aromatic N) is 1. The summed E-state index contributed by atoms with van der Waals surface area (Å²) < 4.78 is 27.0. The Bertz CT molecular complexity index is 1050. The predicted molar refractivity (Wildman–Crippen MR) is 108 cm³/mol. The molecule has 0 radical (unpaired) electrons. The van der Waals surface area contributed by atoms with Gasteiger partial charge in [-0.2, -0.15) is 0 Å². The third kappa shape index (κ3) is 3.44. The lowest BCUT2D eigenvalue weighted by atomic mass is 10.1. The molecule has 0 unspecified atom stereocenters. The lowest BCUT2D eigenvalue weighted by Crippen LogP contribution is -2.27. The number of aryl methyl sites for hydroxylation is 1. The van der Waals surface area contributed by atoms with Gasteiger partial charge >= 0.3 is 0 Å². The zero-order chi connectivity index (χ0) is 18.9. The highest BCUT2D eigenvalue weighted by Gasteiger charge is 2.29. The second kappa shape index (κ2) is 7.31. The van der Waals surface area contributed by atoms with Gasteiger partial charge in [0.25, 0.3) is 0 Å². The first-order valence-electron chi connectivity index (χ1n) is 9.57. The highest BCUT2D eigenvalue weighted by Crippen LogP contribution is 2.35. The van der Waals surface area contributed by atoms with E-state index in [1.165, 1.54) is 12.8 Å². The first kappa shape index (κ1) is 18.0. The highest BCUT2D eigenvalue weighted by molar-refractivity contribution is 7.91. The Kier molecular flexibility index (Phi) is 4.87. The Labute approximate surface area is 160 Å². The molecule has 27 heavy (non-hydrogen) atoms. The number of benzene rings is 2. The van der Waals surface area contributed by atoms with E-state index in [9.17, 15) is 8.42 Å². The van der Waals surface area contributed by atoms with Crippen molar-refractivity contribution in [1.82, 2.24) is 0 Å². The number of aromatic amines is 1. The van der Waals surface area contributed by atoms with Gasteiger partial charge in [0, 0.05) is 19.2 Å². The minimum Gasteiger partial charge on any atom is -0.370 e. The number of hydrogen-bond donors (Lipinski definition) is 0. The van der Waals surface area contributed by atoms with Gasteiger partial charge in [0.05, 0.1) is 16.0 Å². The third-order valence-corrected chi connectivity index (χ3v) is 7.10. The molecule has 0 aliphatic carbocycles. The number of nitrogens with one attached hydrogen (secondary N) is 1. The van der Waals surface area contributed by atoms with Crippen LogP contribution in [0.4, 0.5) is 5.69 Å². The molecule has 0 amide bonds. The van der Waals surface area contributed by atoms with E-state index in [0.717, 1.165) is 48.1 Å². The molecule has 3 aromatic rings. The van der Waals surface area contributed by atoms with E-state index < -0.39 is 9.84 Å². The Balaban J connectivity index is 1.94. The molecule has 5 heteroatoms. The molecule has 2 heterocycles. The highest BCUT2D eigenvalue weighted by atomic mass is 32.2. The Morgan fingerprint density at radius 2 is 1.56 bits per heavy atom. The number of aromatic nitrogens is 1. The van der Waals surface area contributed by atoms with Crippen LogP contribution in [-0.4, -0.2) is 21.5 Å². The number of anilines is 1. The second-order valence-electron chi connectivity index (χ2n) is 7.26. The average Bonchev–Trinajstić information content (AvgIpc) is 2.96. The van der Waals surface area contributed by atoms with Crippen molar-refractivity contribution in [3.8, 4) is 0 Å². The number of hydrogen-bond acceptors (Lipinski definition) is 3. The molecule has 1 N–H and O–H groups in total. The molecule has 1 saturated heterocycles. The maximum Gasteiger partial charge on any atom is 0.214 e. The van der Waals surface area contributed by atoms with Crippen LogP contribution in [0.1, 0.15) is 31.2 Å². The summed E-state index contributed by atoms with van der Waals surface area (Å²) in [5.41, 5.74) is 2.85. The zero-order valence-electron chi connectivity index (χ0n) is 15.6. The van der Waals surface area contributed by atoms with Crippen LogP contribution in [0.25, 0.3) is 10.9 Å². The number of rotatable bonds is 3. The van der Waals surface area contributed by atoms with Crippen molar-refractivity contribution < 1.29 is 13.4 Å². The molecule has 1 fully saturated rings. The van der Waals surface area contributed by atoms with Crippen molar-refractivity contribution in [2.45, 2.75) is 42.4 Å². The van der Waals surface area contributed by atoms with E-state index in [0.29, 0.717) is 9.79 Å². The van der Waals surface area contributed by atoms with E-state index in [4.69, 9.17) is 0 Å². The summed E-state index contributed by atoms with van der Waals surface area (Å²) in [5.74, 6) is 0. The van der Waals surface area contributed by atoms with Gasteiger partial charge in [0.1, 0.15) is 0 Å². The number of para-hydroxylation sites is 1. The molecule has 1 aliphatic rings. The minimum atomic E-state index is -3.61. The van der Waals surface area contributed by atoms with E-state index in [1.807, 2.05) is 43.3 Å². The Morgan fingerprint density at radius 1 is 0.889 bits per heavy atom. The summed E-state index contributed by atoms with van der Waals surface area (Å²) in [6.07, 6.45) is 6.26. The maximum absolute atomic E-state index is 13.5. The number of pyridine rings is 1. The van der Waals surface area contributed by atoms with Gasteiger partial charge in [-0.15, -0.1) is 0 Å². The van der Waals surface area contributed by atoms with Crippen LogP contribution in [0.3, 0.4) is 0 Å². The lowest BCUT2D eigenvalue weighted by Gasteiger charge is -2.25. The molecule has 4 rings (SSSR count). The summed E-state index contributed by atoms with van der Waals surface area (Å²) >= 11 is 0. The molecule has 0 spiro atoms. The van der Waals surface area contributed by atoms with Crippen LogP contribution in [0.5, 0.6) is 0 Å². The molecule has 1 aromatic heterocycles. The van der Waals surface area contributed by atoms with E-state index >= 15 is 0 Å². The van der Waals surface area contributed by atoms with Gasteiger partial charge < -0.3 is 4.90 Å². The van der Waals surface area contributed by atoms with Crippen molar-refractivity contribution in [1.29, 1.82) is 0 Å². The maximum atomic E-state index is 13.5. The molecule has 4 nitrogen and oxygen atoms in total. The fourth-order valence-electron chi connectivity index (χ4n) is 3.83. The first-order valence-corrected chi connectivity index (χ1v) is 11.1. The summed E-state index contributed by atoms with van der Waals surface area (Å²) in [6, 6.07) is 15.1. The first-order chi connectivity index (χ1) is 13.1. The smallest absolute Gasteiger partial charge is 0.214 e. The molecule has 140 valence electrons. The van der Waals surface area contributed by atoms with E-state index in [2.05, 4.69) is 9.88 Å². The van der Waals surface area contributed by atoms with Gasteiger partial charge in [0.15, 0.2) is 11.1 Å². The largest absolute Gasteiger partial charge is 0.370 e. The molecular formula is C22H25N2O2S+. The number of fused-ring (bicyclic) bond motifs is 1. The molecule has 0 saturated carbocycles. The fraction of sp³-hybridized carbons (Fsp3) is 0.318. The Hall–Kier alpha value is -2.40. The average molecular weight is 382 g/mol. The topological polar surface area (TPSA) is 51.5 Å². The standard InChI is InChI=1S/C22H24N2O2S/c1-17-10-12-18(13-11-17)27(25,26)21-16-23-20-9-5-4-8-19(20)22(21)24-14-6-2-3-7-15-24/h4-5,8-13,16H,2-3,6-7,14-15H2,1H3/p+1. The van der Waals surface area contributed by atoms with Crippen molar-refractivity contribution in [2.24, 2.45) is 0 Å². The van der Waals surface area contributed by atoms with Gasteiger partial charge in [-0.25, -0.2) is 13.4 Å². The van der Waals surface area contributed by atoms with E-state index in [-0.39, 0.29) is 0 Å². The number of sulfone groups is 1. The fourth-order valence-corrected chi connectivity index (χ4v) is 5.29. The lowest BCUT2D eigenvalue weighted by molar-refractivity contribution is -0.347. The molecule has 2 aromatic carbocycles. The van der Waals surface area contributed by atoms with Gasteiger partial charge in [-0.3, -0.25) is 0 Å². The van der Waals surface area contributed by atoms with Crippen LogP contribution in [0.15, 0.2) is 64.5 Å². The Morgan fingerprint density at radius 3 is 2.26 bits per heavy atom. The van der Waals surface area contributed by atoms with E-state index in [1.54, 1.807) is 18.3 Å². The van der Waals surface area contributed by atoms with Crippen LogP contribution < -0.4 is 9.88 Å². The molecule has 0 atom stereocenters. The third-order valence-electron chi connectivity index (χ3n) is 5.32. The van der Waals surface area contributed by atoms with Crippen LogP contribution >= 0.6 is 0 Å². The summed E-state index contributed by atoms with van der Waals surface area (Å²) in [6.45, 7) is 3.75. The minimum absolute atomic E-state index is 0.341. The van der Waals surface area contributed by atoms with Gasteiger partial charge in [-0.05, 0) is 38.0 Å². The van der Waals surface area contributed by atoms with Crippen molar-refractivity contribution in [3.05, 3.63) is 60.3 Å². The summed E-state index contributed by atoms with van der Waals surface area (Å²) in [7, 11) is -3.61. The summed E-state index contributed by atoms with van der Waals surface area (Å²) in [4.78, 5) is 6.17. The van der Waals surface area contributed by atoms with Crippen molar-refractivity contribution in [3.63, 3.8) is 0 Å². The molecular weight excluding hydrogens is 356 g/mol. The van der Waals surface area contributed by atoms with Crippen LogP contribution in [-0.2, 0) is 9.84 Å². The van der Waals surface area contributed by atoms with Crippen LogP contribution in [0.2, 0.25) is 0 Å².